The SMILES string of the molecule is COCC(C)(CC(=O)O)NC(=O)C(C)Oc1ccc(Cl)cc1Cl. The van der Waals surface area contributed by atoms with E-state index in [-0.39, 0.29) is 18.1 Å². The second-order valence-corrected chi connectivity index (χ2v) is 6.23. The molecule has 0 saturated heterocycles. The van der Waals surface area contributed by atoms with Crippen LogP contribution in [-0.2, 0) is 14.3 Å². The molecule has 0 radical (unpaired) electrons. The van der Waals surface area contributed by atoms with Gasteiger partial charge in [0.1, 0.15) is 5.75 Å². The van der Waals surface area contributed by atoms with E-state index in [2.05, 4.69) is 5.32 Å². The number of hydrogen-bond donors (Lipinski definition) is 2. The van der Waals surface area contributed by atoms with E-state index in [0.717, 1.165) is 0 Å². The molecule has 1 amide bonds. The van der Waals surface area contributed by atoms with Gasteiger partial charge in [-0.3, -0.25) is 9.59 Å². The summed E-state index contributed by atoms with van der Waals surface area (Å²) in [6, 6.07) is 4.65. The Labute approximate surface area is 144 Å². The summed E-state index contributed by atoms with van der Waals surface area (Å²) in [6.45, 7) is 3.18. The first-order chi connectivity index (χ1) is 10.7. The molecule has 6 nitrogen and oxygen atoms in total. The van der Waals surface area contributed by atoms with Crippen LogP contribution >= 0.6 is 23.2 Å². The van der Waals surface area contributed by atoms with Crippen molar-refractivity contribution in [2.24, 2.45) is 0 Å². The van der Waals surface area contributed by atoms with Crippen molar-refractivity contribution in [1.29, 1.82) is 0 Å². The van der Waals surface area contributed by atoms with E-state index in [1.54, 1.807) is 19.1 Å². The van der Waals surface area contributed by atoms with Crippen molar-refractivity contribution in [1.82, 2.24) is 5.32 Å². The van der Waals surface area contributed by atoms with Crippen LogP contribution in [0.25, 0.3) is 0 Å². The van der Waals surface area contributed by atoms with Gasteiger partial charge in [0.05, 0.1) is 23.6 Å². The second-order valence-electron chi connectivity index (χ2n) is 5.39. The third-order valence-corrected chi connectivity index (χ3v) is 3.53. The summed E-state index contributed by atoms with van der Waals surface area (Å²) < 4.78 is 10.5. The average molecular weight is 364 g/mol. The van der Waals surface area contributed by atoms with E-state index in [9.17, 15) is 9.59 Å². The van der Waals surface area contributed by atoms with Crippen LogP contribution in [0.2, 0.25) is 10.0 Å². The topological polar surface area (TPSA) is 84.9 Å². The van der Waals surface area contributed by atoms with Crippen LogP contribution in [0.4, 0.5) is 0 Å². The molecule has 2 N–H and O–H groups in total. The number of carbonyl (C=O) groups excluding carboxylic acids is 1. The number of methoxy groups -OCH3 is 1. The van der Waals surface area contributed by atoms with Gasteiger partial charge in [0.25, 0.3) is 5.91 Å². The predicted octanol–water partition coefficient (Wildman–Crippen LogP) is 2.76. The Hall–Kier alpha value is -1.50. The molecule has 2 atom stereocenters. The van der Waals surface area contributed by atoms with E-state index in [1.165, 1.54) is 20.1 Å². The smallest absolute Gasteiger partial charge is 0.305 e. The van der Waals surface area contributed by atoms with Crippen molar-refractivity contribution >= 4 is 35.1 Å². The predicted molar refractivity (Wildman–Crippen MR) is 87.2 cm³/mol. The minimum absolute atomic E-state index is 0.0550. The highest BCUT2D eigenvalue weighted by atomic mass is 35.5. The molecule has 1 aromatic carbocycles. The molecule has 0 bridgehead atoms. The molecule has 0 aliphatic carbocycles. The first-order valence-electron chi connectivity index (χ1n) is 6.81. The molecule has 8 heteroatoms. The van der Waals surface area contributed by atoms with Crippen molar-refractivity contribution in [2.75, 3.05) is 13.7 Å². The fraction of sp³-hybridized carbons (Fsp3) is 0.467. The highest BCUT2D eigenvalue weighted by Crippen LogP contribution is 2.28. The van der Waals surface area contributed by atoms with Crippen LogP contribution < -0.4 is 10.1 Å². The van der Waals surface area contributed by atoms with Gasteiger partial charge in [-0.1, -0.05) is 23.2 Å². The summed E-state index contributed by atoms with van der Waals surface area (Å²) in [5, 5.41) is 12.3. The van der Waals surface area contributed by atoms with Crippen LogP contribution in [0.3, 0.4) is 0 Å². The Morgan fingerprint density at radius 3 is 2.57 bits per heavy atom. The van der Waals surface area contributed by atoms with Gasteiger partial charge in [-0.05, 0) is 32.0 Å². The minimum Gasteiger partial charge on any atom is -0.481 e. The van der Waals surface area contributed by atoms with E-state index < -0.39 is 23.5 Å². The Bertz CT molecular complexity index is 581. The number of nitrogens with one attached hydrogen (secondary N) is 1. The molecule has 1 aromatic rings. The fourth-order valence-corrected chi connectivity index (χ4v) is 2.45. The first-order valence-corrected chi connectivity index (χ1v) is 7.57. The van der Waals surface area contributed by atoms with Gasteiger partial charge >= 0.3 is 5.97 Å². The normalized spacial score (nSPS) is 14.7. The standard InChI is InChI=1S/C15H19Cl2NO5/c1-9(23-12-5-4-10(16)6-11(12)17)14(21)18-15(2,8-22-3)7-13(19)20/h4-6,9H,7-8H2,1-3H3,(H,18,21)(H,19,20). The highest BCUT2D eigenvalue weighted by Gasteiger charge is 2.31. The summed E-state index contributed by atoms with van der Waals surface area (Å²) in [6.07, 6.45) is -1.15. The van der Waals surface area contributed by atoms with E-state index in [1.807, 2.05) is 0 Å². The van der Waals surface area contributed by atoms with Gasteiger partial charge in [-0.15, -0.1) is 0 Å². The lowest BCUT2D eigenvalue weighted by Gasteiger charge is -2.30. The molecule has 0 heterocycles. The summed E-state index contributed by atoms with van der Waals surface area (Å²) in [5.74, 6) is -1.21. The van der Waals surface area contributed by atoms with Crippen LogP contribution in [0.15, 0.2) is 18.2 Å². The molecule has 1 rings (SSSR count). The van der Waals surface area contributed by atoms with Crippen LogP contribution in [0.5, 0.6) is 5.75 Å². The van der Waals surface area contributed by atoms with Crippen molar-refractivity contribution < 1.29 is 24.2 Å². The molecule has 128 valence electrons. The Kier molecular flexibility index (Phi) is 7.12. The van der Waals surface area contributed by atoms with Crippen molar-refractivity contribution in [3.63, 3.8) is 0 Å². The molecule has 0 saturated carbocycles. The van der Waals surface area contributed by atoms with Crippen LogP contribution in [-0.4, -0.2) is 42.3 Å². The Balaban J connectivity index is 2.76. The number of amides is 1. The van der Waals surface area contributed by atoms with E-state index in [0.29, 0.717) is 10.8 Å². The molecule has 0 aromatic heterocycles. The number of halogens is 2. The number of hydrogen-bond acceptors (Lipinski definition) is 4. The largest absolute Gasteiger partial charge is 0.481 e. The van der Waals surface area contributed by atoms with Gasteiger partial charge in [0.15, 0.2) is 6.10 Å². The van der Waals surface area contributed by atoms with Gasteiger partial charge in [0.2, 0.25) is 0 Å². The summed E-state index contributed by atoms with van der Waals surface area (Å²) >= 11 is 11.8. The van der Waals surface area contributed by atoms with Gasteiger partial charge in [0, 0.05) is 12.1 Å². The Morgan fingerprint density at radius 2 is 2.04 bits per heavy atom. The van der Waals surface area contributed by atoms with Crippen molar-refractivity contribution in [3.8, 4) is 5.75 Å². The monoisotopic (exact) mass is 363 g/mol. The lowest BCUT2D eigenvalue weighted by atomic mass is 9.98. The second kappa shape index (κ2) is 8.38. The number of rotatable bonds is 8. The maximum absolute atomic E-state index is 12.2. The Morgan fingerprint density at radius 1 is 1.39 bits per heavy atom. The molecule has 23 heavy (non-hydrogen) atoms. The summed E-state index contributed by atoms with van der Waals surface area (Å²) in [5.41, 5.74) is -1.04. The quantitative estimate of drug-likeness (QED) is 0.741. The van der Waals surface area contributed by atoms with Gasteiger partial charge in [-0.2, -0.15) is 0 Å². The average Bonchev–Trinajstić information content (AvgIpc) is 2.40. The van der Waals surface area contributed by atoms with Crippen molar-refractivity contribution in [2.45, 2.75) is 31.9 Å². The third kappa shape index (κ3) is 6.25. The van der Waals surface area contributed by atoms with Crippen LogP contribution in [0, 0.1) is 0 Å². The maximum atomic E-state index is 12.2. The fourth-order valence-electron chi connectivity index (χ4n) is 2.00. The number of ether oxygens (including phenoxy) is 2. The van der Waals surface area contributed by atoms with Crippen LogP contribution in [0.1, 0.15) is 20.3 Å². The maximum Gasteiger partial charge on any atom is 0.305 e. The zero-order valence-corrected chi connectivity index (χ0v) is 14.6. The molecule has 0 spiro atoms. The van der Waals surface area contributed by atoms with Crippen molar-refractivity contribution in [3.05, 3.63) is 28.2 Å². The zero-order valence-electron chi connectivity index (χ0n) is 13.1. The lowest BCUT2D eigenvalue weighted by molar-refractivity contribution is -0.140. The first kappa shape index (κ1) is 19.5. The number of aliphatic carboxylic acids is 1. The van der Waals surface area contributed by atoms with E-state index >= 15 is 0 Å². The minimum atomic E-state index is -1.04. The molecular weight excluding hydrogens is 345 g/mol. The van der Waals surface area contributed by atoms with E-state index in [4.69, 9.17) is 37.8 Å². The number of carbonyl (C=O) groups is 2. The molecule has 0 aliphatic rings. The zero-order chi connectivity index (χ0) is 17.6. The number of carboxylic acid groups (broad SMARTS) is 1. The molecule has 0 aliphatic heterocycles. The third-order valence-electron chi connectivity index (χ3n) is 3.00. The molecule has 0 fully saturated rings. The summed E-state index contributed by atoms with van der Waals surface area (Å²) in [7, 11) is 1.43. The lowest BCUT2D eigenvalue weighted by Crippen LogP contribution is -2.54. The summed E-state index contributed by atoms with van der Waals surface area (Å²) in [4.78, 5) is 23.2. The highest BCUT2D eigenvalue weighted by molar-refractivity contribution is 6.35. The number of benzene rings is 1. The van der Waals surface area contributed by atoms with Gasteiger partial charge in [-0.25, -0.2) is 0 Å². The van der Waals surface area contributed by atoms with Gasteiger partial charge < -0.3 is 19.9 Å². The molecule has 2 unspecified atom stereocenters. The number of carboxylic acids is 1. The molecular formula is C15H19Cl2NO5.